The maximum atomic E-state index is 11.9. The molecule has 0 N–H and O–H groups in total. The van der Waals surface area contributed by atoms with Gasteiger partial charge in [-0.3, -0.25) is 4.98 Å². The molecule has 1 aromatic rings. The van der Waals surface area contributed by atoms with E-state index in [0.29, 0.717) is 0 Å². The second-order valence-corrected chi connectivity index (χ2v) is 1.29. The van der Waals surface area contributed by atoms with Crippen molar-refractivity contribution < 1.29 is 8.78 Å². The molecule has 0 aliphatic carbocycles. The average molecular weight is 175 g/mol. The average Bonchev–Trinajstić information content (AvgIpc) is 2.17. The van der Waals surface area contributed by atoms with Crippen LogP contribution in [0.25, 0.3) is 0 Å². The van der Waals surface area contributed by atoms with Gasteiger partial charge >= 0.3 is 0 Å². The molecule has 0 radical (unpaired) electrons. The molecule has 1 aromatic heterocycles. The molecule has 0 unspecified atom stereocenters. The fraction of sp³-hybridized carbons (Fsp3) is 0.444. The largest absolute Gasteiger partial charge is 0.261 e. The molecule has 0 amide bonds. The lowest BCUT2D eigenvalue weighted by Crippen LogP contribution is -1.81. The minimum atomic E-state index is -0.910. The summed E-state index contributed by atoms with van der Waals surface area (Å²) in [5, 5.41) is 0. The Kier molecular flexibility index (Phi) is 11.3. The van der Waals surface area contributed by atoms with Gasteiger partial charge in [-0.25, -0.2) is 8.78 Å². The smallest absolute Gasteiger partial charge is 0.177 e. The summed E-state index contributed by atoms with van der Waals surface area (Å²) in [4.78, 5) is 3.33. The molecule has 0 bridgehead atoms. The summed E-state index contributed by atoms with van der Waals surface area (Å²) in [6.07, 6.45) is 2.02. The van der Waals surface area contributed by atoms with Crippen molar-refractivity contribution >= 4 is 0 Å². The van der Waals surface area contributed by atoms with Gasteiger partial charge in [0, 0.05) is 6.20 Å². The van der Waals surface area contributed by atoms with E-state index < -0.39 is 11.6 Å². The maximum Gasteiger partial charge on any atom is 0.177 e. The van der Waals surface area contributed by atoms with Crippen molar-refractivity contribution in [2.45, 2.75) is 27.7 Å². The van der Waals surface area contributed by atoms with Crippen LogP contribution in [0.1, 0.15) is 27.7 Å². The SMILES string of the molecule is CC.CC.Fc1ccncc1F. The Labute approximate surface area is 72.5 Å². The van der Waals surface area contributed by atoms with E-state index in [1.165, 1.54) is 6.20 Å². The Morgan fingerprint density at radius 1 is 1.00 bits per heavy atom. The number of pyridine rings is 1. The fourth-order valence-corrected chi connectivity index (χ4v) is 0.358. The second-order valence-electron chi connectivity index (χ2n) is 1.29. The van der Waals surface area contributed by atoms with Crippen LogP contribution in [0.2, 0.25) is 0 Å². The molecule has 0 aliphatic heterocycles. The van der Waals surface area contributed by atoms with Crippen LogP contribution in [-0.2, 0) is 0 Å². The molecular formula is C9H15F2N. The van der Waals surface area contributed by atoms with E-state index in [2.05, 4.69) is 4.98 Å². The Balaban J connectivity index is 0. The van der Waals surface area contributed by atoms with Gasteiger partial charge in [0.1, 0.15) is 0 Å². The Hall–Kier alpha value is -0.990. The quantitative estimate of drug-likeness (QED) is 0.588. The van der Waals surface area contributed by atoms with Crippen molar-refractivity contribution in [1.82, 2.24) is 4.98 Å². The summed E-state index contributed by atoms with van der Waals surface area (Å²) in [5.41, 5.74) is 0. The molecule has 0 fully saturated rings. The highest BCUT2D eigenvalue weighted by Gasteiger charge is 1.94. The summed E-state index contributed by atoms with van der Waals surface area (Å²) in [6, 6.07) is 0.968. The molecule has 1 rings (SSSR count). The first-order chi connectivity index (χ1) is 5.80. The number of aromatic nitrogens is 1. The summed E-state index contributed by atoms with van der Waals surface area (Å²) >= 11 is 0. The number of rotatable bonds is 0. The molecule has 12 heavy (non-hydrogen) atoms. The molecule has 1 heterocycles. The molecule has 0 spiro atoms. The zero-order valence-electron chi connectivity index (χ0n) is 7.94. The number of halogens is 2. The van der Waals surface area contributed by atoms with E-state index >= 15 is 0 Å². The van der Waals surface area contributed by atoms with Gasteiger partial charge in [-0.1, -0.05) is 27.7 Å². The van der Waals surface area contributed by atoms with Gasteiger partial charge in [0.05, 0.1) is 6.20 Å². The lowest BCUT2D eigenvalue weighted by Gasteiger charge is -1.84. The van der Waals surface area contributed by atoms with E-state index in [-0.39, 0.29) is 0 Å². The van der Waals surface area contributed by atoms with Crippen LogP contribution in [0.5, 0.6) is 0 Å². The molecular weight excluding hydrogens is 160 g/mol. The predicted octanol–water partition coefficient (Wildman–Crippen LogP) is 3.41. The third-order valence-corrected chi connectivity index (χ3v) is 0.723. The number of hydrogen-bond donors (Lipinski definition) is 0. The molecule has 3 heteroatoms. The molecule has 0 aromatic carbocycles. The van der Waals surface area contributed by atoms with E-state index in [1.54, 1.807) is 0 Å². The van der Waals surface area contributed by atoms with Crippen LogP contribution in [0.3, 0.4) is 0 Å². The van der Waals surface area contributed by atoms with Crippen LogP contribution in [0, 0.1) is 11.6 Å². The van der Waals surface area contributed by atoms with Crippen LogP contribution < -0.4 is 0 Å². The first kappa shape index (κ1) is 13.6. The van der Waals surface area contributed by atoms with Crippen molar-refractivity contribution in [3.8, 4) is 0 Å². The second kappa shape index (κ2) is 10.0. The highest BCUT2D eigenvalue weighted by atomic mass is 19.2. The topological polar surface area (TPSA) is 12.9 Å². The highest BCUT2D eigenvalue weighted by molar-refractivity contribution is 4.96. The third kappa shape index (κ3) is 5.77. The van der Waals surface area contributed by atoms with Crippen molar-refractivity contribution in [1.29, 1.82) is 0 Å². The summed E-state index contributed by atoms with van der Waals surface area (Å²) in [7, 11) is 0. The molecule has 0 aliphatic rings. The van der Waals surface area contributed by atoms with Gasteiger partial charge in [-0.15, -0.1) is 0 Å². The van der Waals surface area contributed by atoms with E-state index in [0.717, 1.165) is 12.3 Å². The van der Waals surface area contributed by atoms with Gasteiger partial charge < -0.3 is 0 Å². The summed E-state index contributed by atoms with van der Waals surface area (Å²) in [5.74, 6) is -1.77. The Morgan fingerprint density at radius 2 is 1.50 bits per heavy atom. The minimum absolute atomic E-state index is 0.829. The van der Waals surface area contributed by atoms with Crippen LogP contribution in [0.15, 0.2) is 18.5 Å². The minimum Gasteiger partial charge on any atom is -0.261 e. The van der Waals surface area contributed by atoms with Gasteiger partial charge in [0.15, 0.2) is 11.6 Å². The summed E-state index contributed by atoms with van der Waals surface area (Å²) in [6.45, 7) is 8.00. The third-order valence-electron chi connectivity index (χ3n) is 0.723. The normalized spacial score (nSPS) is 7.17. The van der Waals surface area contributed by atoms with Crippen LogP contribution in [-0.4, -0.2) is 4.98 Å². The first-order valence-corrected chi connectivity index (χ1v) is 4.06. The monoisotopic (exact) mass is 175 g/mol. The van der Waals surface area contributed by atoms with Crippen molar-refractivity contribution in [3.63, 3.8) is 0 Å². The van der Waals surface area contributed by atoms with Gasteiger partial charge in [0.2, 0.25) is 0 Å². The molecule has 70 valence electrons. The van der Waals surface area contributed by atoms with Gasteiger partial charge in [0.25, 0.3) is 0 Å². The van der Waals surface area contributed by atoms with Crippen LogP contribution >= 0.6 is 0 Å². The fourth-order valence-electron chi connectivity index (χ4n) is 0.358. The number of nitrogens with zero attached hydrogens (tertiary/aromatic N) is 1. The standard InChI is InChI=1S/C5H3F2N.2C2H6/c6-4-1-2-8-3-5(4)7;2*1-2/h1-3H;2*1-2H3. The highest BCUT2D eigenvalue weighted by Crippen LogP contribution is 1.98. The first-order valence-electron chi connectivity index (χ1n) is 4.06. The predicted molar refractivity (Wildman–Crippen MR) is 46.8 cm³/mol. The molecule has 0 saturated carbocycles. The lowest BCUT2D eigenvalue weighted by atomic mass is 10.5. The van der Waals surface area contributed by atoms with Crippen LogP contribution in [0.4, 0.5) is 8.78 Å². The molecule has 0 saturated heterocycles. The summed E-state index contributed by atoms with van der Waals surface area (Å²) < 4.78 is 23.8. The zero-order valence-corrected chi connectivity index (χ0v) is 7.94. The zero-order chi connectivity index (χ0) is 9.98. The Bertz CT molecular complexity index is 169. The van der Waals surface area contributed by atoms with E-state index in [1.807, 2.05) is 27.7 Å². The maximum absolute atomic E-state index is 11.9. The number of hydrogen-bond acceptors (Lipinski definition) is 1. The van der Waals surface area contributed by atoms with Crippen molar-refractivity contribution in [2.24, 2.45) is 0 Å². The molecule has 0 atom stereocenters. The van der Waals surface area contributed by atoms with Crippen molar-refractivity contribution in [2.75, 3.05) is 0 Å². The van der Waals surface area contributed by atoms with Gasteiger partial charge in [-0.2, -0.15) is 0 Å². The van der Waals surface area contributed by atoms with E-state index in [4.69, 9.17) is 0 Å². The molecule has 1 nitrogen and oxygen atoms in total. The van der Waals surface area contributed by atoms with Gasteiger partial charge in [-0.05, 0) is 6.07 Å². The Morgan fingerprint density at radius 3 is 1.75 bits per heavy atom. The van der Waals surface area contributed by atoms with Crippen molar-refractivity contribution in [3.05, 3.63) is 30.1 Å². The lowest BCUT2D eigenvalue weighted by molar-refractivity contribution is 0.504. The van der Waals surface area contributed by atoms with E-state index in [9.17, 15) is 8.78 Å².